The molecular formula is C15H20N4O2. The number of hydrogen-bond acceptors (Lipinski definition) is 5. The third kappa shape index (κ3) is 3.04. The molecule has 0 radical (unpaired) electrons. The Morgan fingerprint density at radius 1 is 1.19 bits per heavy atom. The van der Waals surface area contributed by atoms with Crippen molar-refractivity contribution in [3.63, 3.8) is 0 Å². The van der Waals surface area contributed by atoms with Crippen molar-refractivity contribution in [2.24, 2.45) is 11.8 Å². The van der Waals surface area contributed by atoms with Crippen LogP contribution in [0, 0.1) is 11.8 Å². The average molecular weight is 288 g/mol. The normalized spacial score (nSPS) is 22.8. The standard InChI is InChI=1S/C15H20N4O2/c1-8-2-3-11-10(4-8)12(18-15(16)17-11)5-9-6-13(20)19-14(21)7-9/h8-9H,2-7H2,1H3,(H2,16,17,18)(H,19,20,21)/t8-/m0/s1. The quantitative estimate of drug-likeness (QED) is 0.784. The van der Waals surface area contributed by atoms with Crippen LogP contribution in [0.15, 0.2) is 0 Å². The van der Waals surface area contributed by atoms with Gasteiger partial charge in [0.05, 0.1) is 0 Å². The maximum atomic E-state index is 11.5. The zero-order valence-electron chi connectivity index (χ0n) is 12.2. The van der Waals surface area contributed by atoms with Crippen LogP contribution in [0.5, 0.6) is 0 Å². The van der Waals surface area contributed by atoms with E-state index in [9.17, 15) is 9.59 Å². The second kappa shape index (κ2) is 5.42. The van der Waals surface area contributed by atoms with Gasteiger partial charge in [0.2, 0.25) is 17.8 Å². The lowest BCUT2D eigenvalue weighted by atomic mass is 9.83. The number of aromatic nitrogens is 2. The van der Waals surface area contributed by atoms with Crippen LogP contribution < -0.4 is 11.1 Å². The Morgan fingerprint density at radius 2 is 1.90 bits per heavy atom. The van der Waals surface area contributed by atoms with E-state index < -0.39 is 0 Å². The van der Waals surface area contributed by atoms with Crippen molar-refractivity contribution < 1.29 is 9.59 Å². The van der Waals surface area contributed by atoms with Gasteiger partial charge in [-0.05, 0) is 43.1 Å². The number of nitrogen functional groups attached to an aromatic ring is 1. The van der Waals surface area contributed by atoms with Crippen molar-refractivity contribution in [3.05, 3.63) is 17.0 Å². The number of fused-ring (bicyclic) bond motifs is 1. The minimum absolute atomic E-state index is 0.0156. The van der Waals surface area contributed by atoms with Gasteiger partial charge in [-0.3, -0.25) is 14.9 Å². The van der Waals surface area contributed by atoms with Crippen molar-refractivity contribution in [2.45, 2.75) is 45.4 Å². The van der Waals surface area contributed by atoms with Gasteiger partial charge in [0.15, 0.2) is 0 Å². The monoisotopic (exact) mass is 288 g/mol. The van der Waals surface area contributed by atoms with E-state index in [1.807, 2.05) is 0 Å². The minimum Gasteiger partial charge on any atom is -0.368 e. The van der Waals surface area contributed by atoms with E-state index in [-0.39, 0.29) is 17.7 Å². The third-order valence-corrected chi connectivity index (χ3v) is 4.33. The van der Waals surface area contributed by atoms with Crippen LogP contribution in [0.2, 0.25) is 0 Å². The summed E-state index contributed by atoms with van der Waals surface area (Å²) in [5, 5.41) is 2.34. The molecule has 0 unspecified atom stereocenters. The number of piperidine rings is 1. The number of imide groups is 1. The number of nitrogens with two attached hydrogens (primary N) is 1. The fourth-order valence-electron chi connectivity index (χ4n) is 3.32. The summed E-state index contributed by atoms with van der Waals surface area (Å²) in [6.07, 6.45) is 4.38. The number of amides is 2. The van der Waals surface area contributed by atoms with Crippen molar-refractivity contribution in [3.8, 4) is 0 Å². The zero-order valence-corrected chi connectivity index (χ0v) is 12.2. The molecule has 1 saturated heterocycles. The van der Waals surface area contributed by atoms with Crippen molar-refractivity contribution in [2.75, 3.05) is 5.73 Å². The fraction of sp³-hybridized carbons (Fsp3) is 0.600. The minimum atomic E-state index is -0.194. The predicted octanol–water partition coefficient (Wildman–Crippen LogP) is 0.779. The molecule has 21 heavy (non-hydrogen) atoms. The van der Waals surface area contributed by atoms with Crippen LogP contribution in [0.1, 0.15) is 43.1 Å². The van der Waals surface area contributed by atoms with Gasteiger partial charge in [0, 0.05) is 24.2 Å². The highest BCUT2D eigenvalue weighted by atomic mass is 16.2. The molecule has 1 atom stereocenters. The van der Waals surface area contributed by atoms with Gasteiger partial charge in [-0.25, -0.2) is 9.97 Å². The van der Waals surface area contributed by atoms with E-state index in [1.54, 1.807) is 0 Å². The van der Waals surface area contributed by atoms with Gasteiger partial charge in [0.25, 0.3) is 0 Å². The highest BCUT2D eigenvalue weighted by molar-refractivity contribution is 5.97. The molecule has 112 valence electrons. The molecular weight excluding hydrogens is 268 g/mol. The molecule has 1 aliphatic carbocycles. The largest absolute Gasteiger partial charge is 0.368 e. The summed E-state index contributed by atoms with van der Waals surface area (Å²) in [5.74, 6) is 0.535. The molecule has 3 rings (SSSR count). The lowest BCUT2D eigenvalue weighted by molar-refractivity contribution is -0.134. The summed E-state index contributed by atoms with van der Waals surface area (Å²) < 4.78 is 0. The predicted molar refractivity (Wildman–Crippen MR) is 77.2 cm³/mol. The third-order valence-electron chi connectivity index (χ3n) is 4.33. The molecule has 0 saturated carbocycles. The Hall–Kier alpha value is -1.98. The summed E-state index contributed by atoms with van der Waals surface area (Å²) in [6.45, 7) is 2.22. The first-order valence-corrected chi connectivity index (χ1v) is 7.48. The van der Waals surface area contributed by atoms with Crippen LogP contribution in [0.3, 0.4) is 0 Å². The van der Waals surface area contributed by atoms with Crippen molar-refractivity contribution >= 4 is 17.8 Å². The summed E-state index contributed by atoms with van der Waals surface area (Å²) in [7, 11) is 0. The Kier molecular flexibility index (Phi) is 3.61. The van der Waals surface area contributed by atoms with Crippen molar-refractivity contribution in [1.82, 2.24) is 15.3 Å². The molecule has 0 bridgehead atoms. The Balaban J connectivity index is 1.86. The topological polar surface area (TPSA) is 98.0 Å². The molecule has 6 nitrogen and oxygen atoms in total. The zero-order chi connectivity index (χ0) is 15.0. The van der Waals surface area contributed by atoms with Crippen LogP contribution in [-0.2, 0) is 28.9 Å². The molecule has 2 heterocycles. The van der Waals surface area contributed by atoms with Crippen LogP contribution in [0.25, 0.3) is 0 Å². The first-order valence-electron chi connectivity index (χ1n) is 7.48. The molecule has 2 aliphatic rings. The second-order valence-electron chi connectivity index (χ2n) is 6.25. The number of carbonyl (C=O) groups is 2. The molecule has 3 N–H and O–H groups in total. The number of nitrogens with one attached hydrogen (secondary N) is 1. The van der Waals surface area contributed by atoms with Gasteiger partial charge in [-0.1, -0.05) is 6.92 Å². The molecule has 2 amide bonds. The number of rotatable bonds is 2. The highest BCUT2D eigenvalue weighted by Crippen LogP contribution is 2.29. The number of aryl methyl sites for hydroxylation is 1. The number of nitrogens with zero attached hydrogens (tertiary/aromatic N) is 2. The van der Waals surface area contributed by atoms with Gasteiger partial charge < -0.3 is 5.73 Å². The van der Waals surface area contributed by atoms with Crippen LogP contribution in [0.4, 0.5) is 5.95 Å². The maximum Gasteiger partial charge on any atom is 0.226 e. The molecule has 1 aromatic heterocycles. The number of carbonyl (C=O) groups excluding carboxylic acids is 2. The van der Waals surface area contributed by atoms with Gasteiger partial charge >= 0.3 is 0 Å². The molecule has 0 spiro atoms. The van der Waals surface area contributed by atoms with E-state index in [2.05, 4.69) is 22.2 Å². The second-order valence-corrected chi connectivity index (χ2v) is 6.25. The summed E-state index contributed by atoms with van der Waals surface area (Å²) in [6, 6.07) is 0. The van der Waals surface area contributed by atoms with E-state index in [4.69, 9.17) is 5.73 Å². The molecule has 1 fully saturated rings. The number of anilines is 1. The van der Waals surface area contributed by atoms with Gasteiger partial charge in [-0.2, -0.15) is 0 Å². The van der Waals surface area contributed by atoms with Crippen molar-refractivity contribution in [1.29, 1.82) is 0 Å². The first-order chi connectivity index (χ1) is 10.0. The van der Waals surface area contributed by atoms with E-state index in [0.717, 1.165) is 30.7 Å². The van der Waals surface area contributed by atoms with Crippen LogP contribution in [-0.4, -0.2) is 21.8 Å². The summed E-state index contributed by atoms with van der Waals surface area (Å²) in [5.41, 5.74) is 8.96. The molecule has 0 aromatic carbocycles. The maximum absolute atomic E-state index is 11.5. The highest BCUT2D eigenvalue weighted by Gasteiger charge is 2.28. The Labute approximate surface area is 123 Å². The first kappa shape index (κ1) is 14.0. The summed E-state index contributed by atoms with van der Waals surface area (Å²) in [4.78, 5) is 31.7. The van der Waals surface area contributed by atoms with E-state index >= 15 is 0 Å². The fourth-order valence-corrected chi connectivity index (χ4v) is 3.32. The molecule has 1 aromatic rings. The van der Waals surface area contributed by atoms with Crippen LogP contribution >= 0.6 is 0 Å². The SMILES string of the molecule is C[C@H]1CCc2nc(N)nc(CC3CC(=O)NC(=O)C3)c2C1. The lowest BCUT2D eigenvalue weighted by Crippen LogP contribution is -2.39. The van der Waals surface area contributed by atoms with E-state index in [0.29, 0.717) is 31.1 Å². The smallest absolute Gasteiger partial charge is 0.226 e. The Bertz CT molecular complexity index is 584. The molecule has 1 aliphatic heterocycles. The summed E-state index contributed by atoms with van der Waals surface area (Å²) >= 11 is 0. The lowest BCUT2D eigenvalue weighted by Gasteiger charge is -2.25. The van der Waals surface area contributed by atoms with Gasteiger partial charge in [-0.15, -0.1) is 0 Å². The molecule has 6 heteroatoms. The Morgan fingerprint density at radius 3 is 2.62 bits per heavy atom. The number of hydrogen-bond donors (Lipinski definition) is 2. The van der Waals surface area contributed by atoms with Gasteiger partial charge in [0.1, 0.15) is 0 Å². The van der Waals surface area contributed by atoms with E-state index in [1.165, 1.54) is 5.56 Å². The average Bonchev–Trinajstić information content (AvgIpc) is 2.38.